The lowest BCUT2D eigenvalue weighted by Crippen LogP contribution is -2.38. The van der Waals surface area contributed by atoms with Crippen molar-refractivity contribution in [2.75, 3.05) is 39.4 Å². The first-order valence-electron chi connectivity index (χ1n) is 12.1. The standard InChI is InChI=1S/C27H29N5O3S/c28-25(33)19-31-18-20(22-9-4-5-10-23(22)31)17-24-26(34)32(12-6-11-30-13-15-35-16-14-30)27(36-24)29-21-7-2-1-3-8-21/h1-5,7-10,17-18H,6,11-16,19H2,(H2,28,33)/b24-17-,29-27?. The van der Waals surface area contributed by atoms with E-state index in [9.17, 15) is 9.59 Å². The molecular formula is C27H29N5O3S. The van der Waals surface area contributed by atoms with Gasteiger partial charge in [0, 0.05) is 48.8 Å². The van der Waals surface area contributed by atoms with Crippen LogP contribution in [-0.4, -0.2) is 70.7 Å². The van der Waals surface area contributed by atoms with Crippen LogP contribution < -0.4 is 5.73 Å². The number of para-hydroxylation sites is 2. The number of amides is 2. The molecule has 2 N–H and O–H groups in total. The molecule has 0 aliphatic carbocycles. The van der Waals surface area contributed by atoms with Gasteiger partial charge in [-0.15, -0.1) is 0 Å². The van der Waals surface area contributed by atoms with Crippen LogP contribution in [0.3, 0.4) is 0 Å². The smallest absolute Gasteiger partial charge is 0.266 e. The third-order valence-corrected chi connectivity index (χ3v) is 7.27. The minimum Gasteiger partial charge on any atom is -0.379 e. The molecule has 2 aliphatic rings. The van der Waals surface area contributed by atoms with Gasteiger partial charge in [-0.2, -0.15) is 0 Å². The number of amidine groups is 1. The Kier molecular flexibility index (Phi) is 7.50. The number of primary amides is 1. The Balaban J connectivity index is 1.43. The number of ether oxygens (including phenoxy) is 1. The summed E-state index contributed by atoms with van der Waals surface area (Å²) < 4.78 is 7.27. The molecule has 0 atom stereocenters. The quantitative estimate of drug-likeness (QED) is 0.476. The number of nitrogens with zero attached hydrogens (tertiary/aromatic N) is 4. The van der Waals surface area contributed by atoms with Crippen molar-refractivity contribution < 1.29 is 14.3 Å². The Morgan fingerprint density at radius 2 is 1.81 bits per heavy atom. The van der Waals surface area contributed by atoms with Crippen molar-refractivity contribution in [2.24, 2.45) is 10.7 Å². The van der Waals surface area contributed by atoms with Crippen LogP contribution in [0.5, 0.6) is 0 Å². The summed E-state index contributed by atoms with van der Waals surface area (Å²) in [7, 11) is 0. The topological polar surface area (TPSA) is 93.2 Å². The summed E-state index contributed by atoms with van der Waals surface area (Å²) in [6.45, 7) is 4.96. The number of carbonyl (C=O) groups is 2. The van der Waals surface area contributed by atoms with Gasteiger partial charge >= 0.3 is 0 Å². The molecule has 186 valence electrons. The molecule has 3 aromatic rings. The van der Waals surface area contributed by atoms with Gasteiger partial charge in [0.2, 0.25) is 5.91 Å². The highest BCUT2D eigenvalue weighted by Crippen LogP contribution is 2.35. The molecule has 0 saturated carbocycles. The van der Waals surface area contributed by atoms with E-state index in [0.29, 0.717) is 16.6 Å². The molecule has 2 amide bonds. The van der Waals surface area contributed by atoms with E-state index >= 15 is 0 Å². The van der Waals surface area contributed by atoms with Crippen molar-refractivity contribution in [2.45, 2.75) is 13.0 Å². The molecule has 9 heteroatoms. The normalized spacial score (nSPS) is 19.1. The zero-order valence-electron chi connectivity index (χ0n) is 20.0. The first kappa shape index (κ1) is 24.3. The number of rotatable bonds is 8. The van der Waals surface area contributed by atoms with Gasteiger partial charge < -0.3 is 15.0 Å². The van der Waals surface area contributed by atoms with Crippen molar-refractivity contribution in [3.8, 4) is 0 Å². The Morgan fingerprint density at radius 1 is 1.06 bits per heavy atom. The minimum atomic E-state index is -0.412. The Bertz CT molecular complexity index is 1310. The number of benzene rings is 2. The zero-order chi connectivity index (χ0) is 24.9. The van der Waals surface area contributed by atoms with Gasteiger partial charge in [0.1, 0.15) is 6.54 Å². The maximum atomic E-state index is 13.6. The average molecular weight is 504 g/mol. The van der Waals surface area contributed by atoms with E-state index in [1.807, 2.05) is 71.4 Å². The molecule has 2 fully saturated rings. The molecule has 2 aromatic carbocycles. The van der Waals surface area contributed by atoms with Gasteiger partial charge in [-0.25, -0.2) is 4.99 Å². The van der Waals surface area contributed by atoms with Crippen LogP contribution in [-0.2, 0) is 20.9 Å². The third-order valence-electron chi connectivity index (χ3n) is 6.26. The summed E-state index contributed by atoms with van der Waals surface area (Å²) in [6.07, 6.45) is 4.63. The lowest BCUT2D eigenvalue weighted by molar-refractivity contribution is -0.122. The predicted molar refractivity (Wildman–Crippen MR) is 144 cm³/mol. The fraction of sp³-hybridized carbons (Fsp3) is 0.296. The number of morpholine rings is 1. The zero-order valence-corrected chi connectivity index (χ0v) is 20.8. The van der Waals surface area contributed by atoms with E-state index < -0.39 is 5.91 Å². The largest absolute Gasteiger partial charge is 0.379 e. The Hall–Kier alpha value is -3.40. The van der Waals surface area contributed by atoms with E-state index in [-0.39, 0.29) is 12.5 Å². The highest BCUT2D eigenvalue weighted by Gasteiger charge is 2.33. The minimum absolute atomic E-state index is 0.0524. The van der Waals surface area contributed by atoms with Gasteiger partial charge in [0.25, 0.3) is 5.91 Å². The van der Waals surface area contributed by atoms with Crippen molar-refractivity contribution >= 4 is 51.4 Å². The second-order valence-corrected chi connectivity index (χ2v) is 9.81. The SMILES string of the molecule is NC(=O)Cn1cc(/C=C2\SC(=Nc3ccccc3)N(CCCN3CCOCC3)C2=O)c2ccccc21. The number of hydrogen-bond donors (Lipinski definition) is 1. The molecule has 36 heavy (non-hydrogen) atoms. The highest BCUT2D eigenvalue weighted by atomic mass is 32.2. The van der Waals surface area contributed by atoms with Crippen molar-refractivity contribution in [3.05, 3.63) is 71.3 Å². The molecule has 0 radical (unpaired) electrons. The van der Waals surface area contributed by atoms with Crippen LogP contribution in [0.1, 0.15) is 12.0 Å². The fourth-order valence-electron chi connectivity index (χ4n) is 4.51. The summed E-state index contributed by atoms with van der Waals surface area (Å²) in [5, 5.41) is 1.65. The number of aliphatic imine (C=N–C) groups is 1. The Morgan fingerprint density at radius 3 is 2.58 bits per heavy atom. The highest BCUT2D eigenvalue weighted by molar-refractivity contribution is 8.18. The van der Waals surface area contributed by atoms with Gasteiger partial charge in [-0.3, -0.25) is 19.4 Å². The molecule has 1 aromatic heterocycles. The van der Waals surface area contributed by atoms with Gasteiger partial charge in [0.05, 0.1) is 23.8 Å². The van der Waals surface area contributed by atoms with E-state index in [2.05, 4.69) is 4.90 Å². The fourth-order valence-corrected chi connectivity index (χ4v) is 5.52. The van der Waals surface area contributed by atoms with E-state index in [4.69, 9.17) is 15.5 Å². The molecule has 2 aliphatic heterocycles. The summed E-state index contributed by atoms with van der Waals surface area (Å²) in [5.74, 6) is -0.464. The van der Waals surface area contributed by atoms with Crippen LogP contribution in [0.15, 0.2) is 70.7 Å². The molecule has 3 heterocycles. The van der Waals surface area contributed by atoms with Crippen LogP contribution in [0.25, 0.3) is 17.0 Å². The number of nitrogens with two attached hydrogens (primary N) is 1. The van der Waals surface area contributed by atoms with Crippen molar-refractivity contribution in [1.82, 2.24) is 14.4 Å². The second-order valence-electron chi connectivity index (χ2n) is 8.80. The van der Waals surface area contributed by atoms with Crippen LogP contribution in [0.2, 0.25) is 0 Å². The first-order valence-corrected chi connectivity index (χ1v) is 12.9. The maximum Gasteiger partial charge on any atom is 0.266 e. The second kappa shape index (κ2) is 11.1. The van der Waals surface area contributed by atoms with E-state index in [1.54, 1.807) is 4.90 Å². The summed E-state index contributed by atoms with van der Waals surface area (Å²) >= 11 is 1.39. The summed E-state index contributed by atoms with van der Waals surface area (Å²) in [5.41, 5.74) is 8.04. The number of carbonyl (C=O) groups excluding carboxylic acids is 2. The Labute approximate surface area is 214 Å². The average Bonchev–Trinajstić information content (AvgIpc) is 3.37. The number of thioether (sulfide) groups is 1. The third kappa shape index (κ3) is 5.53. The monoisotopic (exact) mass is 503 g/mol. The predicted octanol–water partition coefficient (Wildman–Crippen LogP) is 3.45. The molecule has 0 spiro atoms. The van der Waals surface area contributed by atoms with Crippen LogP contribution in [0, 0.1) is 0 Å². The number of hydrogen-bond acceptors (Lipinski definition) is 6. The van der Waals surface area contributed by atoms with Gasteiger partial charge in [-0.05, 0) is 42.5 Å². The van der Waals surface area contributed by atoms with Gasteiger partial charge in [-0.1, -0.05) is 36.4 Å². The van der Waals surface area contributed by atoms with E-state index in [1.165, 1.54) is 11.8 Å². The molecule has 5 rings (SSSR count). The molecular weight excluding hydrogens is 474 g/mol. The molecule has 8 nitrogen and oxygen atoms in total. The summed E-state index contributed by atoms with van der Waals surface area (Å²) in [4.78, 5) is 34.7. The van der Waals surface area contributed by atoms with Crippen molar-refractivity contribution in [1.29, 1.82) is 0 Å². The lowest BCUT2D eigenvalue weighted by atomic mass is 10.1. The van der Waals surface area contributed by atoms with Gasteiger partial charge in [0.15, 0.2) is 5.17 Å². The number of aromatic nitrogens is 1. The van der Waals surface area contributed by atoms with Crippen molar-refractivity contribution in [3.63, 3.8) is 0 Å². The summed E-state index contributed by atoms with van der Waals surface area (Å²) in [6, 6.07) is 17.5. The van der Waals surface area contributed by atoms with Crippen LogP contribution in [0.4, 0.5) is 5.69 Å². The van der Waals surface area contributed by atoms with E-state index in [0.717, 1.165) is 61.4 Å². The molecule has 2 saturated heterocycles. The lowest BCUT2D eigenvalue weighted by Gasteiger charge is -2.27. The van der Waals surface area contributed by atoms with Crippen LogP contribution >= 0.6 is 11.8 Å². The molecule has 0 unspecified atom stereocenters. The molecule has 0 bridgehead atoms. The number of fused-ring (bicyclic) bond motifs is 1. The first-order chi connectivity index (χ1) is 17.6. The maximum absolute atomic E-state index is 13.6.